The molecule has 0 unspecified atom stereocenters. The Morgan fingerprint density at radius 2 is 1.80 bits per heavy atom. The van der Waals surface area contributed by atoms with Crippen molar-refractivity contribution in [1.82, 2.24) is 5.32 Å². The molecule has 108 valence electrons. The van der Waals surface area contributed by atoms with Gasteiger partial charge in [-0.05, 0) is 31.2 Å². The summed E-state index contributed by atoms with van der Waals surface area (Å²) in [4.78, 5) is 22.7. The van der Waals surface area contributed by atoms with Crippen molar-refractivity contribution in [1.29, 1.82) is 0 Å². The van der Waals surface area contributed by atoms with Gasteiger partial charge in [-0.3, -0.25) is 4.79 Å². The minimum atomic E-state index is -0.406. The van der Waals surface area contributed by atoms with Crippen LogP contribution >= 0.6 is 0 Å². The Morgan fingerprint density at radius 3 is 2.40 bits per heavy atom. The Bertz CT molecular complexity index is 453. The number of primary amides is 1. The van der Waals surface area contributed by atoms with Crippen LogP contribution in [0.25, 0.3) is 0 Å². The maximum absolute atomic E-state index is 11.7. The first-order chi connectivity index (χ1) is 9.65. The molecule has 0 aromatic heterocycles. The molecule has 2 amide bonds. The van der Waals surface area contributed by atoms with Crippen LogP contribution in [0.3, 0.4) is 0 Å². The Balaban J connectivity index is 1.69. The molecule has 1 aliphatic carbocycles. The fourth-order valence-corrected chi connectivity index (χ4v) is 2.45. The fraction of sp³-hybridized carbons (Fsp3) is 0.467. The summed E-state index contributed by atoms with van der Waals surface area (Å²) < 4.78 is 5.16. The van der Waals surface area contributed by atoms with Gasteiger partial charge in [0.05, 0.1) is 0 Å². The summed E-state index contributed by atoms with van der Waals surface area (Å²) in [5, 5.41) is 2.84. The van der Waals surface area contributed by atoms with Crippen molar-refractivity contribution in [3.8, 4) is 0 Å². The van der Waals surface area contributed by atoms with Crippen molar-refractivity contribution >= 4 is 12.0 Å². The van der Waals surface area contributed by atoms with Gasteiger partial charge in [-0.2, -0.15) is 0 Å². The molecule has 20 heavy (non-hydrogen) atoms. The van der Waals surface area contributed by atoms with Gasteiger partial charge in [0, 0.05) is 12.0 Å². The highest BCUT2D eigenvalue weighted by Crippen LogP contribution is 2.23. The second kappa shape index (κ2) is 6.93. The second-order valence-corrected chi connectivity index (χ2v) is 5.16. The van der Waals surface area contributed by atoms with Crippen molar-refractivity contribution in [3.63, 3.8) is 0 Å². The van der Waals surface area contributed by atoms with Gasteiger partial charge in [0.2, 0.25) is 5.91 Å². The highest BCUT2D eigenvalue weighted by atomic mass is 16.5. The summed E-state index contributed by atoms with van der Waals surface area (Å²) in [6, 6.07) is 9.62. The van der Waals surface area contributed by atoms with E-state index in [1.165, 1.54) is 0 Å². The number of alkyl carbamates (subject to hydrolysis) is 1. The maximum atomic E-state index is 11.7. The van der Waals surface area contributed by atoms with E-state index in [-0.39, 0.29) is 24.5 Å². The van der Waals surface area contributed by atoms with E-state index in [1.807, 2.05) is 30.3 Å². The van der Waals surface area contributed by atoms with Crippen LogP contribution < -0.4 is 11.1 Å². The third-order valence-electron chi connectivity index (χ3n) is 3.66. The molecule has 0 aliphatic heterocycles. The number of benzene rings is 1. The number of ether oxygens (including phenoxy) is 1. The topological polar surface area (TPSA) is 81.4 Å². The molecule has 1 aromatic carbocycles. The van der Waals surface area contributed by atoms with E-state index in [0.29, 0.717) is 0 Å². The summed E-state index contributed by atoms with van der Waals surface area (Å²) >= 11 is 0. The summed E-state index contributed by atoms with van der Waals surface area (Å²) in [5.74, 6) is -0.288. The van der Waals surface area contributed by atoms with Crippen molar-refractivity contribution < 1.29 is 14.3 Å². The van der Waals surface area contributed by atoms with Gasteiger partial charge in [-0.1, -0.05) is 30.3 Å². The number of nitrogens with one attached hydrogen (secondary N) is 1. The number of hydrogen-bond acceptors (Lipinski definition) is 3. The van der Waals surface area contributed by atoms with E-state index < -0.39 is 6.09 Å². The number of carbonyl (C=O) groups is 2. The Kier molecular flexibility index (Phi) is 4.98. The maximum Gasteiger partial charge on any atom is 0.407 e. The molecule has 5 heteroatoms. The van der Waals surface area contributed by atoms with E-state index >= 15 is 0 Å². The molecule has 3 N–H and O–H groups in total. The minimum absolute atomic E-state index is 0.0478. The first-order valence-electron chi connectivity index (χ1n) is 6.91. The van der Waals surface area contributed by atoms with Gasteiger partial charge in [0.1, 0.15) is 6.61 Å². The average molecular weight is 276 g/mol. The molecule has 1 fully saturated rings. The van der Waals surface area contributed by atoms with Gasteiger partial charge in [0.15, 0.2) is 0 Å². The quantitative estimate of drug-likeness (QED) is 0.882. The van der Waals surface area contributed by atoms with E-state index in [2.05, 4.69) is 5.32 Å². The van der Waals surface area contributed by atoms with Crippen molar-refractivity contribution in [2.75, 3.05) is 0 Å². The smallest absolute Gasteiger partial charge is 0.407 e. The van der Waals surface area contributed by atoms with Crippen molar-refractivity contribution in [2.24, 2.45) is 11.7 Å². The van der Waals surface area contributed by atoms with E-state index in [9.17, 15) is 9.59 Å². The lowest BCUT2D eigenvalue weighted by atomic mass is 9.86. The van der Waals surface area contributed by atoms with Gasteiger partial charge in [-0.25, -0.2) is 4.79 Å². The molecule has 2 rings (SSSR count). The average Bonchev–Trinajstić information content (AvgIpc) is 2.47. The molecule has 0 atom stereocenters. The van der Waals surface area contributed by atoms with Crippen LogP contribution in [0.1, 0.15) is 31.2 Å². The van der Waals surface area contributed by atoms with Gasteiger partial charge in [-0.15, -0.1) is 0 Å². The van der Waals surface area contributed by atoms with Crippen LogP contribution in [-0.2, 0) is 16.1 Å². The van der Waals surface area contributed by atoms with E-state index in [4.69, 9.17) is 10.5 Å². The molecular weight excluding hydrogens is 256 g/mol. The van der Waals surface area contributed by atoms with Gasteiger partial charge >= 0.3 is 6.09 Å². The molecule has 0 saturated heterocycles. The Morgan fingerprint density at radius 1 is 1.15 bits per heavy atom. The highest BCUT2D eigenvalue weighted by molar-refractivity contribution is 5.76. The lowest BCUT2D eigenvalue weighted by molar-refractivity contribution is -0.122. The fourth-order valence-electron chi connectivity index (χ4n) is 2.45. The molecule has 1 aliphatic rings. The van der Waals surface area contributed by atoms with Crippen LogP contribution in [0, 0.1) is 5.92 Å². The van der Waals surface area contributed by atoms with Crippen LogP contribution in [0.15, 0.2) is 30.3 Å². The molecule has 1 saturated carbocycles. The van der Waals surface area contributed by atoms with E-state index in [0.717, 1.165) is 31.2 Å². The molecule has 0 radical (unpaired) electrons. The number of carbonyl (C=O) groups excluding carboxylic acids is 2. The standard InChI is InChI=1S/C15H20N2O3/c16-14(18)12-6-8-13(9-7-12)17-15(19)20-10-11-4-2-1-3-5-11/h1-5,12-13H,6-10H2,(H2,16,18)(H,17,19)/t12-,13-. The Hall–Kier alpha value is -2.04. The zero-order chi connectivity index (χ0) is 14.4. The molecular formula is C15H20N2O3. The number of hydrogen-bond donors (Lipinski definition) is 2. The molecule has 0 heterocycles. The second-order valence-electron chi connectivity index (χ2n) is 5.16. The monoisotopic (exact) mass is 276 g/mol. The zero-order valence-electron chi connectivity index (χ0n) is 11.4. The van der Waals surface area contributed by atoms with Crippen LogP contribution in [0.4, 0.5) is 4.79 Å². The molecule has 1 aromatic rings. The zero-order valence-corrected chi connectivity index (χ0v) is 11.4. The predicted molar refractivity (Wildman–Crippen MR) is 74.7 cm³/mol. The lowest BCUT2D eigenvalue weighted by Crippen LogP contribution is -2.39. The Labute approximate surface area is 118 Å². The normalized spacial score (nSPS) is 22.0. The van der Waals surface area contributed by atoms with Gasteiger partial charge < -0.3 is 15.8 Å². The minimum Gasteiger partial charge on any atom is -0.445 e. The lowest BCUT2D eigenvalue weighted by Gasteiger charge is -2.26. The first-order valence-corrected chi connectivity index (χ1v) is 6.91. The summed E-state index contributed by atoms with van der Waals surface area (Å²) in [6.45, 7) is 0.267. The SMILES string of the molecule is NC(=O)[C@H]1CC[C@H](NC(=O)OCc2ccccc2)CC1. The first kappa shape index (κ1) is 14.4. The summed E-state index contributed by atoms with van der Waals surface area (Å²) in [6.07, 6.45) is 2.61. The third kappa shape index (κ3) is 4.26. The van der Waals surface area contributed by atoms with Crippen LogP contribution in [0.5, 0.6) is 0 Å². The number of nitrogens with two attached hydrogens (primary N) is 1. The molecule has 0 bridgehead atoms. The molecule has 0 spiro atoms. The predicted octanol–water partition coefficient (Wildman–Crippen LogP) is 1.96. The molecule has 5 nitrogen and oxygen atoms in total. The number of amides is 2. The van der Waals surface area contributed by atoms with Crippen molar-refractivity contribution in [3.05, 3.63) is 35.9 Å². The number of rotatable bonds is 4. The van der Waals surface area contributed by atoms with Crippen LogP contribution in [-0.4, -0.2) is 18.0 Å². The summed E-state index contributed by atoms with van der Waals surface area (Å²) in [5.41, 5.74) is 6.23. The summed E-state index contributed by atoms with van der Waals surface area (Å²) in [7, 11) is 0. The van der Waals surface area contributed by atoms with E-state index in [1.54, 1.807) is 0 Å². The third-order valence-corrected chi connectivity index (χ3v) is 3.66. The van der Waals surface area contributed by atoms with Gasteiger partial charge in [0.25, 0.3) is 0 Å². The van der Waals surface area contributed by atoms with Crippen LogP contribution in [0.2, 0.25) is 0 Å². The van der Waals surface area contributed by atoms with Crippen molar-refractivity contribution in [2.45, 2.75) is 38.3 Å². The highest BCUT2D eigenvalue weighted by Gasteiger charge is 2.25. The largest absolute Gasteiger partial charge is 0.445 e.